The van der Waals surface area contributed by atoms with Gasteiger partial charge in [-0.15, -0.1) is 0 Å². The lowest BCUT2D eigenvalue weighted by Crippen LogP contribution is -2.38. The Hall–Kier alpha value is -2.27. The van der Waals surface area contributed by atoms with Crippen LogP contribution in [-0.2, 0) is 4.74 Å². The maximum atomic E-state index is 14.0. The van der Waals surface area contributed by atoms with Crippen molar-refractivity contribution < 1.29 is 9.13 Å². The van der Waals surface area contributed by atoms with Gasteiger partial charge in [-0.25, -0.2) is 4.39 Å². The highest BCUT2D eigenvalue weighted by atomic mass is 35.5. The third-order valence-electron chi connectivity index (χ3n) is 6.82. The monoisotopic (exact) mass is 530 g/mol. The summed E-state index contributed by atoms with van der Waals surface area (Å²) >= 11 is 12.5. The van der Waals surface area contributed by atoms with E-state index in [0.717, 1.165) is 43.0 Å². The molecule has 1 heterocycles. The lowest BCUT2D eigenvalue weighted by Gasteiger charge is -2.34. The first kappa shape index (κ1) is 28.3. The maximum Gasteiger partial charge on any atom is 0.142 e. The Bertz CT molecular complexity index is 1080. The summed E-state index contributed by atoms with van der Waals surface area (Å²) in [6.45, 7) is 18.0. The number of nitrogens with zero attached hydrogens (tertiary/aromatic N) is 1. The Morgan fingerprint density at radius 1 is 1.31 bits per heavy atom. The molecule has 1 unspecified atom stereocenters. The first-order valence-corrected chi connectivity index (χ1v) is 13.4. The van der Waals surface area contributed by atoms with Crippen LogP contribution in [0.1, 0.15) is 45.3 Å². The highest BCUT2D eigenvalue weighted by Crippen LogP contribution is 2.37. The van der Waals surface area contributed by atoms with Gasteiger partial charge in [0.2, 0.25) is 0 Å². The molecule has 1 aromatic carbocycles. The molecule has 6 heteroatoms. The third-order valence-corrected chi connectivity index (χ3v) is 7.54. The lowest BCUT2D eigenvalue weighted by atomic mass is 9.85. The fraction of sp³-hybridized carbons (Fsp3) is 0.400. The summed E-state index contributed by atoms with van der Waals surface area (Å²) in [5, 5.41) is 3.68. The minimum Gasteiger partial charge on any atom is -0.486 e. The van der Waals surface area contributed by atoms with E-state index in [-0.39, 0.29) is 5.02 Å². The molecule has 0 bridgehead atoms. The predicted molar refractivity (Wildman–Crippen MR) is 151 cm³/mol. The fourth-order valence-corrected chi connectivity index (χ4v) is 5.55. The molecule has 2 aliphatic rings. The Morgan fingerprint density at radius 2 is 2.03 bits per heavy atom. The maximum absolute atomic E-state index is 14.0. The number of rotatable bonds is 11. The van der Waals surface area contributed by atoms with E-state index in [0.29, 0.717) is 28.2 Å². The highest BCUT2D eigenvalue weighted by Gasteiger charge is 2.26. The molecule has 1 saturated heterocycles. The van der Waals surface area contributed by atoms with E-state index in [4.69, 9.17) is 27.9 Å². The van der Waals surface area contributed by atoms with Gasteiger partial charge in [0.25, 0.3) is 0 Å². The number of nitrogens with one attached hydrogen (secondary N) is 1. The molecule has 3 rings (SSSR count). The molecule has 1 aliphatic heterocycles. The number of likely N-dealkylation sites (tertiary alicyclic amines) is 1. The van der Waals surface area contributed by atoms with Crippen LogP contribution in [0.5, 0.6) is 0 Å². The number of benzene rings is 1. The first-order valence-electron chi connectivity index (χ1n) is 12.6. The zero-order valence-electron chi connectivity index (χ0n) is 21.5. The van der Waals surface area contributed by atoms with Crippen LogP contribution in [0.3, 0.4) is 0 Å². The van der Waals surface area contributed by atoms with Crippen molar-refractivity contribution in [1.82, 2.24) is 10.2 Å². The van der Waals surface area contributed by atoms with Crippen molar-refractivity contribution in [3.05, 3.63) is 106 Å². The molecule has 1 aliphatic carbocycles. The smallest absolute Gasteiger partial charge is 0.142 e. The second-order valence-electron chi connectivity index (χ2n) is 9.32. The zero-order chi connectivity index (χ0) is 26.2. The molecular formula is C30H37Cl2FN2O. The van der Waals surface area contributed by atoms with E-state index in [1.165, 1.54) is 25.0 Å². The SMILES string of the molecule is C=C/C(=C\C(=C/C)OC(C)c1c(Cl)ccc(F)c1Cl)C1=C[C@H](C2CCN(CC(=C)NCC)CC2)C=C1. The second kappa shape index (κ2) is 13.3. The number of likely N-dealkylation sites (N-methyl/N-ethyl adjacent to an activating group) is 1. The summed E-state index contributed by atoms with van der Waals surface area (Å²) in [6, 6.07) is 2.75. The van der Waals surface area contributed by atoms with Crippen LogP contribution >= 0.6 is 23.2 Å². The van der Waals surface area contributed by atoms with Crippen LogP contribution in [0, 0.1) is 17.7 Å². The van der Waals surface area contributed by atoms with Crippen molar-refractivity contribution in [2.75, 3.05) is 26.2 Å². The molecule has 3 nitrogen and oxygen atoms in total. The van der Waals surface area contributed by atoms with Gasteiger partial charge >= 0.3 is 0 Å². The van der Waals surface area contributed by atoms with Gasteiger partial charge in [0.15, 0.2) is 0 Å². The second-order valence-corrected chi connectivity index (χ2v) is 10.1. The van der Waals surface area contributed by atoms with Gasteiger partial charge < -0.3 is 10.1 Å². The Labute approximate surface area is 225 Å². The normalized spacial score (nSPS) is 20.3. The number of hydrogen-bond acceptors (Lipinski definition) is 3. The van der Waals surface area contributed by atoms with E-state index in [9.17, 15) is 4.39 Å². The largest absolute Gasteiger partial charge is 0.486 e. The molecule has 0 radical (unpaired) electrons. The average Bonchev–Trinajstić information content (AvgIpc) is 3.35. The van der Waals surface area contributed by atoms with E-state index >= 15 is 0 Å². The van der Waals surface area contributed by atoms with Gasteiger partial charge in [0, 0.05) is 29.4 Å². The lowest BCUT2D eigenvalue weighted by molar-refractivity contribution is 0.142. The molecule has 0 amide bonds. The molecule has 0 saturated carbocycles. The minimum atomic E-state index is -0.524. The number of piperidine rings is 1. The number of ether oxygens (including phenoxy) is 1. The quantitative estimate of drug-likeness (QED) is 0.177. The van der Waals surface area contributed by atoms with Gasteiger partial charge in [-0.2, -0.15) is 0 Å². The Kier molecular flexibility index (Phi) is 10.5. The Balaban J connectivity index is 1.65. The van der Waals surface area contributed by atoms with E-state index < -0.39 is 11.9 Å². The summed E-state index contributed by atoms with van der Waals surface area (Å²) in [7, 11) is 0. The minimum absolute atomic E-state index is 0.0142. The number of allylic oxidation sites excluding steroid dienone is 8. The molecule has 0 aromatic heterocycles. The van der Waals surface area contributed by atoms with Crippen molar-refractivity contribution in [2.24, 2.45) is 11.8 Å². The molecule has 0 spiro atoms. The average molecular weight is 532 g/mol. The topological polar surface area (TPSA) is 24.5 Å². The van der Waals surface area contributed by atoms with E-state index in [1.54, 1.807) is 0 Å². The van der Waals surface area contributed by atoms with Crippen molar-refractivity contribution in [3.8, 4) is 0 Å². The predicted octanol–water partition coefficient (Wildman–Crippen LogP) is 8.17. The molecule has 1 fully saturated rings. The number of halogens is 3. The molecule has 1 aromatic rings. The molecular weight excluding hydrogens is 494 g/mol. The van der Waals surface area contributed by atoms with Gasteiger partial charge in [-0.05, 0) is 94.0 Å². The zero-order valence-corrected chi connectivity index (χ0v) is 23.0. The molecule has 36 heavy (non-hydrogen) atoms. The number of hydrogen-bond donors (Lipinski definition) is 1. The fourth-order valence-electron chi connectivity index (χ4n) is 4.87. The van der Waals surface area contributed by atoms with Gasteiger partial charge in [0.05, 0.1) is 5.02 Å². The van der Waals surface area contributed by atoms with Crippen molar-refractivity contribution in [1.29, 1.82) is 0 Å². The standard InChI is InChI=1S/C30H37Cl2FN2O/c1-6-22(18-26(7-2)36-21(5)29-27(31)11-12-28(33)30(29)32)24-9-10-25(17-24)23-13-15-35(16-14-23)19-20(4)34-8-3/h6-7,9-12,17-18,21,23,25,34H,1,4,8,13-16,19H2,2-3,5H3/b22-18+,26-7+/t21?,25-/m1/s1. The van der Waals surface area contributed by atoms with Crippen LogP contribution in [0.15, 0.2) is 84.3 Å². The molecule has 194 valence electrons. The van der Waals surface area contributed by atoms with Crippen molar-refractivity contribution in [2.45, 2.75) is 39.7 Å². The molecule has 1 N–H and O–H groups in total. The Morgan fingerprint density at radius 3 is 2.67 bits per heavy atom. The van der Waals surface area contributed by atoms with Crippen molar-refractivity contribution >= 4 is 23.2 Å². The van der Waals surface area contributed by atoms with Crippen LogP contribution in [0.4, 0.5) is 4.39 Å². The molecule has 2 atom stereocenters. The van der Waals surface area contributed by atoms with Crippen molar-refractivity contribution in [3.63, 3.8) is 0 Å². The van der Waals surface area contributed by atoms with Crippen LogP contribution < -0.4 is 5.32 Å². The summed E-state index contributed by atoms with van der Waals surface area (Å²) in [5.74, 6) is 1.17. The van der Waals surface area contributed by atoms with Crippen LogP contribution in [0.25, 0.3) is 0 Å². The highest BCUT2D eigenvalue weighted by molar-refractivity contribution is 6.36. The van der Waals surface area contributed by atoms with Crippen LogP contribution in [-0.4, -0.2) is 31.1 Å². The van der Waals surface area contributed by atoms with Gasteiger partial charge in [-0.3, -0.25) is 4.90 Å². The summed E-state index contributed by atoms with van der Waals surface area (Å²) in [5.41, 5.74) is 3.64. The van der Waals surface area contributed by atoms with E-state index in [1.807, 2.05) is 32.1 Å². The third kappa shape index (κ3) is 7.15. The van der Waals surface area contributed by atoms with Gasteiger partial charge in [-0.1, -0.05) is 60.7 Å². The van der Waals surface area contributed by atoms with E-state index in [2.05, 4.69) is 48.5 Å². The summed E-state index contributed by atoms with van der Waals surface area (Å²) in [6.07, 6.45) is 14.3. The van der Waals surface area contributed by atoms with Gasteiger partial charge in [0.1, 0.15) is 17.7 Å². The first-order chi connectivity index (χ1) is 17.3. The summed E-state index contributed by atoms with van der Waals surface area (Å²) < 4.78 is 20.1. The van der Waals surface area contributed by atoms with Crippen LogP contribution in [0.2, 0.25) is 10.0 Å². The summed E-state index contributed by atoms with van der Waals surface area (Å²) in [4.78, 5) is 2.48.